The number of hydrogen-bond donors (Lipinski definition) is 2. The first-order valence-corrected chi connectivity index (χ1v) is 9.30. The van der Waals surface area contributed by atoms with Gasteiger partial charge in [0.15, 0.2) is 11.5 Å². The van der Waals surface area contributed by atoms with Gasteiger partial charge < -0.3 is 15.6 Å². The number of halogens is 2. The number of ether oxygens (including phenoxy) is 1. The van der Waals surface area contributed by atoms with E-state index in [0.717, 1.165) is 12.0 Å². The summed E-state index contributed by atoms with van der Waals surface area (Å²) in [5, 5.41) is 10.5. The molecular formula is C20H23Cl2NO3. The first-order valence-electron chi connectivity index (χ1n) is 8.55. The van der Waals surface area contributed by atoms with Gasteiger partial charge in [-0.2, -0.15) is 0 Å². The van der Waals surface area contributed by atoms with Gasteiger partial charge in [-0.25, -0.2) is 0 Å². The van der Waals surface area contributed by atoms with Gasteiger partial charge in [0.05, 0.1) is 16.6 Å². The Labute approximate surface area is 163 Å². The lowest BCUT2D eigenvalue weighted by atomic mass is 9.99. The van der Waals surface area contributed by atoms with Gasteiger partial charge in [-0.15, -0.1) is 0 Å². The number of rotatable bonds is 7. The van der Waals surface area contributed by atoms with Crippen LogP contribution in [0, 0.1) is 0 Å². The molecule has 0 aliphatic heterocycles. The van der Waals surface area contributed by atoms with Crippen molar-refractivity contribution in [3.05, 3.63) is 51.0 Å². The second-order valence-electron chi connectivity index (χ2n) is 6.38. The molecule has 26 heavy (non-hydrogen) atoms. The summed E-state index contributed by atoms with van der Waals surface area (Å²) < 4.78 is 5.92. The van der Waals surface area contributed by atoms with E-state index in [1.807, 2.05) is 20.8 Å². The number of ketones is 1. The van der Waals surface area contributed by atoms with Crippen molar-refractivity contribution in [2.24, 2.45) is 5.73 Å². The maximum atomic E-state index is 12.1. The minimum Gasteiger partial charge on any atom is -0.508 e. The first kappa shape index (κ1) is 20.6. The van der Waals surface area contributed by atoms with E-state index in [1.165, 1.54) is 0 Å². The maximum Gasteiger partial charge on any atom is 0.176 e. The number of nitrogens with two attached hydrogens (primary N) is 1. The second-order valence-corrected chi connectivity index (χ2v) is 7.17. The maximum absolute atomic E-state index is 12.1. The average Bonchev–Trinajstić information content (AvgIpc) is 2.61. The van der Waals surface area contributed by atoms with Crippen molar-refractivity contribution in [2.45, 2.75) is 39.5 Å². The van der Waals surface area contributed by atoms with Crippen LogP contribution >= 0.6 is 23.2 Å². The van der Waals surface area contributed by atoms with Crippen molar-refractivity contribution >= 4 is 29.0 Å². The molecule has 0 amide bonds. The third kappa shape index (κ3) is 4.32. The summed E-state index contributed by atoms with van der Waals surface area (Å²) >= 11 is 12.9. The normalized spacial score (nSPS) is 11.0. The van der Waals surface area contributed by atoms with E-state index < -0.39 is 0 Å². The Kier molecular flexibility index (Phi) is 6.93. The zero-order valence-electron chi connectivity index (χ0n) is 15.1. The van der Waals surface area contributed by atoms with Crippen molar-refractivity contribution < 1.29 is 14.6 Å². The Hall–Kier alpha value is -1.75. The number of carbonyl (C=O) groups excluding carboxylic acids is 1. The molecule has 2 rings (SSSR count). The summed E-state index contributed by atoms with van der Waals surface area (Å²) in [5.74, 6) is 0.932. The van der Waals surface area contributed by atoms with Crippen molar-refractivity contribution in [2.75, 3.05) is 6.54 Å². The minimum atomic E-state index is -0.212. The Morgan fingerprint density at radius 2 is 1.96 bits per heavy atom. The fourth-order valence-corrected chi connectivity index (χ4v) is 3.39. The summed E-state index contributed by atoms with van der Waals surface area (Å²) in [6, 6.07) is 6.54. The molecule has 0 atom stereocenters. The van der Waals surface area contributed by atoms with Crippen molar-refractivity contribution in [3.8, 4) is 17.2 Å². The molecule has 0 aliphatic carbocycles. The highest BCUT2D eigenvalue weighted by molar-refractivity contribution is 6.38. The summed E-state index contributed by atoms with van der Waals surface area (Å²) in [6.07, 6.45) is 1.42. The molecule has 0 fully saturated rings. The van der Waals surface area contributed by atoms with Crippen LogP contribution in [-0.2, 0) is 6.42 Å². The third-order valence-electron chi connectivity index (χ3n) is 4.10. The van der Waals surface area contributed by atoms with Crippen LogP contribution in [0.2, 0.25) is 10.0 Å². The fourth-order valence-electron chi connectivity index (χ4n) is 2.76. The number of benzene rings is 2. The third-order valence-corrected chi connectivity index (χ3v) is 4.78. The lowest BCUT2D eigenvalue weighted by Crippen LogP contribution is -2.16. The fraction of sp³-hybridized carbons (Fsp3) is 0.350. The van der Waals surface area contributed by atoms with Gasteiger partial charge in [-0.05, 0) is 42.2 Å². The topological polar surface area (TPSA) is 72.6 Å². The molecule has 0 aromatic heterocycles. The molecule has 0 bridgehead atoms. The van der Waals surface area contributed by atoms with Gasteiger partial charge in [0.2, 0.25) is 0 Å². The van der Waals surface area contributed by atoms with E-state index in [0.29, 0.717) is 34.1 Å². The molecule has 6 heteroatoms. The van der Waals surface area contributed by atoms with Gasteiger partial charge >= 0.3 is 0 Å². The van der Waals surface area contributed by atoms with E-state index in [4.69, 9.17) is 33.7 Å². The number of hydrogen-bond acceptors (Lipinski definition) is 4. The zero-order valence-corrected chi connectivity index (χ0v) is 16.6. The van der Waals surface area contributed by atoms with E-state index in [2.05, 4.69) is 0 Å². The van der Waals surface area contributed by atoms with E-state index in [9.17, 15) is 9.90 Å². The van der Waals surface area contributed by atoms with Gasteiger partial charge in [0, 0.05) is 11.1 Å². The van der Waals surface area contributed by atoms with Crippen LogP contribution in [0.5, 0.6) is 17.2 Å². The standard InChI is InChI=1S/C20H23Cl2NO3/c1-4-5-13-15(18(25)10-23)9-16(21)20(19(13)22)26-12-6-7-17(24)14(8-12)11(2)3/h6-9,11,24H,4-5,10,23H2,1-3H3. The largest absolute Gasteiger partial charge is 0.508 e. The molecule has 0 unspecified atom stereocenters. The second kappa shape index (κ2) is 8.76. The quantitative estimate of drug-likeness (QED) is 0.588. The molecule has 3 N–H and O–H groups in total. The number of carbonyl (C=O) groups is 1. The van der Waals surface area contributed by atoms with Crippen LogP contribution in [0.3, 0.4) is 0 Å². The van der Waals surface area contributed by atoms with Gasteiger partial charge in [-0.1, -0.05) is 50.4 Å². The zero-order chi connectivity index (χ0) is 19.4. The molecule has 2 aromatic rings. The van der Waals surface area contributed by atoms with Crippen LogP contribution in [-0.4, -0.2) is 17.4 Å². The summed E-state index contributed by atoms with van der Waals surface area (Å²) in [4.78, 5) is 12.1. The number of Topliss-reactive ketones (excluding diaryl/α,β-unsaturated/α-hetero) is 1. The smallest absolute Gasteiger partial charge is 0.176 e. The highest BCUT2D eigenvalue weighted by atomic mass is 35.5. The van der Waals surface area contributed by atoms with Gasteiger partial charge in [0.1, 0.15) is 11.5 Å². The van der Waals surface area contributed by atoms with Gasteiger partial charge in [0.25, 0.3) is 0 Å². The minimum absolute atomic E-state index is 0.112. The number of phenols is 1. The molecular weight excluding hydrogens is 373 g/mol. The highest BCUT2D eigenvalue weighted by Gasteiger charge is 2.21. The van der Waals surface area contributed by atoms with Crippen molar-refractivity contribution in [1.82, 2.24) is 0 Å². The Morgan fingerprint density at radius 1 is 1.27 bits per heavy atom. The highest BCUT2D eigenvalue weighted by Crippen LogP contribution is 2.42. The lowest BCUT2D eigenvalue weighted by molar-refractivity contribution is 0.100. The predicted octanol–water partition coefficient (Wildman–Crippen LogP) is 5.71. The summed E-state index contributed by atoms with van der Waals surface area (Å²) in [6.45, 7) is 5.84. The molecule has 140 valence electrons. The number of phenolic OH excluding ortho intramolecular Hbond substituents is 1. The molecule has 0 heterocycles. The molecule has 2 aromatic carbocycles. The van der Waals surface area contributed by atoms with Crippen LogP contribution in [0.15, 0.2) is 24.3 Å². The van der Waals surface area contributed by atoms with E-state index in [-0.39, 0.29) is 29.0 Å². The summed E-state index contributed by atoms with van der Waals surface area (Å²) in [5.41, 5.74) is 7.38. The molecule has 0 saturated carbocycles. The molecule has 0 aliphatic rings. The Morgan fingerprint density at radius 3 is 2.54 bits per heavy atom. The SMILES string of the molecule is CCCc1c(C(=O)CN)cc(Cl)c(Oc2ccc(O)c(C(C)C)c2)c1Cl. The van der Waals surface area contributed by atoms with E-state index in [1.54, 1.807) is 24.3 Å². The average molecular weight is 396 g/mol. The van der Waals surface area contributed by atoms with Crippen LogP contribution < -0.4 is 10.5 Å². The summed E-state index contributed by atoms with van der Waals surface area (Å²) in [7, 11) is 0. The molecule has 0 saturated heterocycles. The Bertz CT molecular complexity index is 819. The van der Waals surface area contributed by atoms with Crippen molar-refractivity contribution in [1.29, 1.82) is 0 Å². The lowest BCUT2D eigenvalue weighted by Gasteiger charge is -2.17. The molecule has 0 radical (unpaired) electrons. The monoisotopic (exact) mass is 395 g/mol. The molecule has 0 spiro atoms. The predicted molar refractivity (Wildman–Crippen MR) is 106 cm³/mol. The van der Waals surface area contributed by atoms with Crippen LogP contribution in [0.25, 0.3) is 0 Å². The van der Waals surface area contributed by atoms with Gasteiger partial charge in [-0.3, -0.25) is 4.79 Å². The van der Waals surface area contributed by atoms with Crippen molar-refractivity contribution in [3.63, 3.8) is 0 Å². The van der Waals surface area contributed by atoms with Crippen LogP contribution in [0.4, 0.5) is 0 Å². The number of aromatic hydroxyl groups is 1. The first-order chi connectivity index (χ1) is 12.3. The van der Waals surface area contributed by atoms with E-state index >= 15 is 0 Å². The molecule has 4 nitrogen and oxygen atoms in total. The van der Waals surface area contributed by atoms with Crippen LogP contribution in [0.1, 0.15) is 54.6 Å². The Balaban J connectivity index is 2.52.